The van der Waals surface area contributed by atoms with Crippen LogP contribution < -0.4 is 19.5 Å². The van der Waals surface area contributed by atoms with Crippen LogP contribution in [-0.4, -0.2) is 47.5 Å². The summed E-state index contributed by atoms with van der Waals surface area (Å²) in [5.41, 5.74) is 4.71. The normalized spacial score (nSPS) is 11.8. The Morgan fingerprint density at radius 3 is 2.50 bits per heavy atom. The lowest BCUT2D eigenvalue weighted by molar-refractivity contribution is -0.127. The minimum atomic E-state index is -0.719. The Labute approximate surface area is 211 Å². The predicted molar refractivity (Wildman–Crippen MR) is 140 cm³/mol. The van der Waals surface area contributed by atoms with Crippen molar-refractivity contribution in [2.24, 2.45) is 0 Å². The molecule has 0 bridgehead atoms. The molecule has 4 rings (SSSR count). The second-order valence-electron chi connectivity index (χ2n) is 8.46. The molecule has 0 unspecified atom stereocenters. The fourth-order valence-corrected chi connectivity index (χ4v) is 4.20. The summed E-state index contributed by atoms with van der Waals surface area (Å²) >= 11 is 0. The number of hydrogen-bond acceptors (Lipinski definition) is 6. The van der Waals surface area contributed by atoms with Gasteiger partial charge >= 0.3 is 0 Å². The summed E-state index contributed by atoms with van der Waals surface area (Å²) in [6.45, 7) is 6.88. The van der Waals surface area contributed by atoms with E-state index in [-0.39, 0.29) is 5.91 Å². The number of carbonyl (C=O) groups is 1. The summed E-state index contributed by atoms with van der Waals surface area (Å²) in [6, 6.07) is 17.7. The molecule has 1 N–H and O–H groups in total. The van der Waals surface area contributed by atoms with Crippen molar-refractivity contribution in [1.29, 1.82) is 0 Å². The molecule has 1 atom stereocenters. The van der Waals surface area contributed by atoms with E-state index in [0.717, 1.165) is 33.4 Å². The summed E-state index contributed by atoms with van der Waals surface area (Å²) in [5, 5.41) is 8.58. The number of aryl methyl sites for hydroxylation is 2. The van der Waals surface area contributed by atoms with Gasteiger partial charge in [-0.25, -0.2) is 4.68 Å². The number of aromatic nitrogens is 3. The Morgan fingerprint density at radius 1 is 1.06 bits per heavy atom. The summed E-state index contributed by atoms with van der Waals surface area (Å²) in [7, 11) is 3.21. The summed E-state index contributed by atoms with van der Waals surface area (Å²) in [5.74, 6) is 1.51. The molecule has 8 heteroatoms. The van der Waals surface area contributed by atoms with Crippen LogP contribution in [0, 0.1) is 6.92 Å². The number of ether oxygens (including phenoxy) is 3. The van der Waals surface area contributed by atoms with Crippen molar-refractivity contribution in [3.05, 3.63) is 65.9 Å². The molecule has 0 spiro atoms. The van der Waals surface area contributed by atoms with Crippen molar-refractivity contribution in [2.75, 3.05) is 20.8 Å². The van der Waals surface area contributed by atoms with Crippen LogP contribution in [0.1, 0.15) is 25.1 Å². The van der Waals surface area contributed by atoms with Crippen molar-refractivity contribution >= 4 is 16.9 Å². The van der Waals surface area contributed by atoms with Crippen LogP contribution in [0.5, 0.6) is 17.4 Å². The lowest BCUT2D eigenvalue weighted by Crippen LogP contribution is -2.37. The molecule has 2 aromatic heterocycles. The number of nitrogens with zero attached hydrogens (tertiary/aromatic N) is 3. The first-order valence-electron chi connectivity index (χ1n) is 12.0. The van der Waals surface area contributed by atoms with Crippen LogP contribution in [0.15, 0.2) is 54.6 Å². The van der Waals surface area contributed by atoms with Crippen LogP contribution in [0.4, 0.5) is 0 Å². The quantitative estimate of drug-likeness (QED) is 0.352. The number of rotatable bonds is 10. The predicted octanol–water partition coefficient (Wildman–Crippen LogP) is 4.57. The zero-order valence-corrected chi connectivity index (χ0v) is 21.4. The molecule has 0 aliphatic carbocycles. The average Bonchev–Trinajstić information content (AvgIpc) is 3.23. The highest BCUT2D eigenvalue weighted by atomic mass is 16.5. The second kappa shape index (κ2) is 11.1. The lowest BCUT2D eigenvalue weighted by atomic mass is 10.0. The van der Waals surface area contributed by atoms with Crippen LogP contribution in [0.2, 0.25) is 0 Å². The topological polar surface area (TPSA) is 87.5 Å². The van der Waals surface area contributed by atoms with Gasteiger partial charge in [-0.05, 0) is 56.0 Å². The van der Waals surface area contributed by atoms with Gasteiger partial charge in [0.1, 0.15) is 0 Å². The molecule has 2 heterocycles. The Balaban J connectivity index is 1.48. The highest BCUT2D eigenvalue weighted by Crippen LogP contribution is 2.33. The summed E-state index contributed by atoms with van der Waals surface area (Å²) in [4.78, 5) is 17.5. The van der Waals surface area contributed by atoms with Crippen molar-refractivity contribution < 1.29 is 19.0 Å². The van der Waals surface area contributed by atoms with Gasteiger partial charge in [-0.1, -0.05) is 36.4 Å². The third kappa shape index (κ3) is 5.27. The van der Waals surface area contributed by atoms with Gasteiger partial charge in [-0.3, -0.25) is 4.79 Å². The molecule has 36 heavy (non-hydrogen) atoms. The third-order valence-electron chi connectivity index (χ3n) is 6.07. The van der Waals surface area contributed by atoms with Gasteiger partial charge in [0.2, 0.25) is 5.88 Å². The van der Waals surface area contributed by atoms with Crippen molar-refractivity contribution in [3.8, 4) is 28.5 Å². The largest absolute Gasteiger partial charge is 0.493 e. The van der Waals surface area contributed by atoms with Gasteiger partial charge in [-0.2, -0.15) is 10.1 Å². The van der Waals surface area contributed by atoms with Crippen molar-refractivity contribution in [1.82, 2.24) is 20.1 Å². The number of methoxy groups -OCH3 is 2. The fourth-order valence-electron chi connectivity index (χ4n) is 4.20. The maximum absolute atomic E-state index is 12.8. The first-order valence-corrected chi connectivity index (χ1v) is 12.0. The van der Waals surface area contributed by atoms with E-state index < -0.39 is 6.10 Å². The van der Waals surface area contributed by atoms with Crippen LogP contribution >= 0.6 is 0 Å². The van der Waals surface area contributed by atoms with Crippen molar-refractivity contribution in [3.63, 3.8) is 0 Å². The van der Waals surface area contributed by atoms with E-state index in [1.807, 2.05) is 73.1 Å². The third-order valence-corrected chi connectivity index (χ3v) is 6.07. The van der Waals surface area contributed by atoms with Crippen LogP contribution in [0.3, 0.4) is 0 Å². The second-order valence-corrected chi connectivity index (χ2v) is 8.46. The minimum Gasteiger partial charge on any atom is -0.493 e. The number of amides is 1. The standard InChI is InChI=1S/C28H32N4O4/c1-6-32-27-26(18(2)31-32)22(21-10-8-7-9-11-21)17-25(30-27)36-19(3)28(33)29-15-14-20-12-13-23(34-4)24(16-20)35-5/h7-13,16-17,19H,6,14-15H2,1-5H3,(H,29,33)/t19-/m1/s1. The molecule has 0 saturated heterocycles. The Kier molecular flexibility index (Phi) is 7.73. The highest BCUT2D eigenvalue weighted by molar-refractivity contribution is 5.95. The molecular formula is C28H32N4O4. The molecule has 0 aliphatic rings. The molecule has 0 fully saturated rings. The Bertz CT molecular complexity index is 1350. The number of nitrogens with one attached hydrogen (secondary N) is 1. The van der Waals surface area contributed by atoms with E-state index in [1.165, 1.54) is 0 Å². The van der Waals surface area contributed by atoms with Gasteiger partial charge in [0.05, 0.1) is 25.3 Å². The van der Waals surface area contributed by atoms with E-state index in [0.29, 0.717) is 36.9 Å². The van der Waals surface area contributed by atoms with Gasteiger partial charge in [0.15, 0.2) is 23.3 Å². The van der Waals surface area contributed by atoms with Gasteiger partial charge in [0.25, 0.3) is 5.91 Å². The monoisotopic (exact) mass is 488 g/mol. The summed E-state index contributed by atoms with van der Waals surface area (Å²) in [6.07, 6.45) is -0.0704. The first-order chi connectivity index (χ1) is 17.4. The highest BCUT2D eigenvalue weighted by Gasteiger charge is 2.20. The van der Waals surface area contributed by atoms with E-state index in [4.69, 9.17) is 19.2 Å². The maximum atomic E-state index is 12.8. The van der Waals surface area contributed by atoms with Crippen LogP contribution in [0.25, 0.3) is 22.2 Å². The zero-order valence-electron chi connectivity index (χ0n) is 21.4. The van der Waals surface area contributed by atoms with E-state index >= 15 is 0 Å². The molecule has 4 aromatic rings. The molecule has 2 aromatic carbocycles. The number of fused-ring (bicyclic) bond motifs is 1. The lowest BCUT2D eigenvalue weighted by Gasteiger charge is -2.16. The van der Waals surface area contributed by atoms with E-state index in [1.54, 1.807) is 21.1 Å². The maximum Gasteiger partial charge on any atom is 0.260 e. The van der Waals surface area contributed by atoms with Gasteiger partial charge < -0.3 is 19.5 Å². The molecule has 0 aliphatic heterocycles. The van der Waals surface area contributed by atoms with E-state index in [2.05, 4.69) is 10.4 Å². The average molecular weight is 489 g/mol. The Hall–Kier alpha value is -4.07. The number of pyridine rings is 1. The number of hydrogen-bond donors (Lipinski definition) is 1. The van der Waals surface area contributed by atoms with Crippen LogP contribution in [-0.2, 0) is 17.8 Å². The zero-order chi connectivity index (χ0) is 25.7. The molecular weight excluding hydrogens is 456 g/mol. The van der Waals surface area contributed by atoms with Gasteiger partial charge in [0, 0.05) is 19.2 Å². The smallest absolute Gasteiger partial charge is 0.260 e. The van der Waals surface area contributed by atoms with Gasteiger partial charge in [-0.15, -0.1) is 0 Å². The van der Waals surface area contributed by atoms with Crippen molar-refractivity contribution in [2.45, 2.75) is 39.8 Å². The molecule has 0 radical (unpaired) electrons. The fraction of sp³-hybridized carbons (Fsp3) is 0.321. The number of carbonyl (C=O) groups excluding carboxylic acids is 1. The minimum absolute atomic E-state index is 0.209. The molecule has 188 valence electrons. The molecule has 8 nitrogen and oxygen atoms in total. The number of benzene rings is 2. The SMILES string of the molecule is CCn1nc(C)c2c(-c3ccccc3)cc(O[C@H](C)C(=O)NCCc3ccc(OC)c(OC)c3)nc21. The Morgan fingerprint density at radius 2 is 1.81 bits per heavy atom. The molecule has 0 saturated carbocycles. The molecule has 1 amide bonds. The van der Waals surface area contributed by atoms with E-state index in [9.17, 15) is 4.79 Å². The first kappa shape index (κ1) is 25.0. The summed E-state index contributed by atoms with van der Waals surface area (Å²) < 4.78 is 18.5.